The van der Waals surface area contributed by atoms with Crippen molar-refractivity contribution in [1.82, 2.24) is 25.7 Å². The molecule has 0 aliphatic carbocycles. The smallest absolute Gasteiger partial charge is 0.228 e. The molecule has 0 saturated carbocycles. The van der Waals surface area contributed by atoms with E-state index in [1.807, 2.05) is 0 Å². The molecule has 2 aromatic rings. The molecular weight excluding hydrogens is 404 g/mol. The molecule has 0 bridgehead atoms. The molecule has 2 heterocycles. The number of likely N-dealkylation sites (tertiary alicyclic amines) is 1. The minimum atomic E-state index is 0.277. The minimum Gasteiger partial charge on any atom is -0.378 e. The van der Waals surface area contributed by atoms with E-state index in [1.54, 1.807) is 7.05 Å². The van der Waals surface area contributed by atoms with Gasteiger partial charge in [-0.05, 0) is 24.8 Å². The van der Waals surface area contributed by atoms with Gasteiger partial charge in [0.2, 0.25) is 5.89 Å². The lowest BCUT2D eigenvalue weighted by atomic mass is 10.1. The molecule has 8 heteroatoms. The van der Waals surface area contributed by atoms with Gasteiger partial charge in [-0.2, -0.15) is 4.98 Å². The van der Waals surface area contributed by atoms with Crippen molar-refractivity contribution in [1.29, 1.82) is 0 Å². The van der Waals surface area contributed by atoms with E-state index in [0.717, 1.165) is 63.8 Å². The number of nitrogens with one attached hydrogen (secondary N) is 2. The number of benzene rings is 1. The maximum absolute atomic E-state index is 6.10. The predicted octanol–water partition coefficient (Wildman–Crippen LogP) is 2.97. The first-order valence-corrected chi connectivity index (χ1v) is 11.8. The van der Waals surface area contributed by atoms with Crippen molar-refractivity contribution in [2.24, 2.45) is 4.99 Å². The molecule has 1 saturated heterocycles. The van der Waals surface area contributed by atoms with Crippen molar-refractivity contribution in [3.05, 3.63) is 47.6 Å². The van der Waals surface area contributed by atoms with Crippen LogP contribution in [0.5, 0.6) is 0 Å². The lowest BCUT2D eigenvalue weighted by Crippen LogP contribution is -2.39. The summed E-state index contributed by atoms with van der Waals surface area (Å²) >= 11 is 0. The maximum Gasteiger partial charge on any atom is 0.228 e. The molecule has 1 aliphatic heterocycles. The van der Waals surface area contributed by atoms with Crippen molar-refractivity contribution in [2.45, 2.75) is 58.1 Å². The van der Waals surface area contributed by atoms with Crippen LogP contribution in [-0.4, -0.2) is 66.9 Å². The molecular formula is C24H38N6O2. The van der Waals surface area contributed by atoms with Crippen LogP contribution < -0.4 is 10.6 Å². The van der Waals surface area contributed by atoms with Crippen LogP contribution in [0.25, 0.3) is 0 Å². The summed E-state index contributed by atoms with van der Waals surface area (Å²) in [7, 11) is 1.78. The fourth-order valence-electron chi connectivity index (χ4n) is 3.72. The third-order valence-corrected chi connectivity index (χ3v) is 5.61. The summed E-state index contributed by atoms with van der Waals surface area (Å²) in [5.41, 5.74) is 1.39. The van der Waals surface area contributed by atoms with Gasteiger partial charge in [0.05, 0.1) is 6.10 Å². The van der Waals surface area contributed by atoms with Crippen molar-refractivity contribution >= 4 is 5.96 Å². The number of hydrogen-bond acceptors (Lipinski definition) is 6. The minimum absolute atomic E-state index is 0.277. The highest BCUT2D eigenvalue weighted by atomic mass is 16.5. The molecule has 176 valence electrons. The van der Waals surface area contributed by atoms with Gasteiger partial charge in [0, 0.05) is 58.7 Å². The van der Waals surface area contributed by atoms with Crippen LogP contribution in [0.2, 0.25) is 0 Å². The summed E-state index contributed by atoms with van der Waals surface area (Å²) < 4.78 is 11.4. The fourth-order valence-corrected chi connectivity index (χ4v) is 3.72. The highest BCUT2D eigenvalue weighted by Crippen LogP contribution is 2.16. The number of guanidine groups is 1. The Morgan fingerprint density at radius 2 is 1.94 bits per heavy atom. The zero-order chi connectivity index (χ0) is 22.6. The maximum atomic E-state index is 6.10. The van der Waals surface area contributed by atoms with Crippen LogP contribution in [0, 0.1) is 0 Å². The van der Waals surface area contributed by atoms with Crippen LogP contribution in [0.3, 0.4) is 0 Å². The molecule has 8 nitrogen and oxygen atoms in total. The summed E-state index contributed by atoms with van der Waals surface area (Å²) in [4.78, 5) is 11.2. The molecule has 3 rings (SSSR count). The van der Waals surface area contributed by atoms with Crippen LogP contribution >= 0.6 is 0 Å². The summed E-state index contributed by atoms with van der Waals surface area (Å²) in [5, 5.41) is 10.6. The zero-order valence-electron chi connectivity index (χ0n) is 19.7. The average molecular weight is 443 g/mol. The number of aliphatic imine (C=N–C) groups is 1. The molecule has 32 heavy (non-hydrogen) atoms. The zero-order valence-corrected chi connectivity index (χ0v) is 19.7. The average Bonchev–Trinajstić information content (AvgIpc) is 3.29. The van der Waals surface area contributed by atoms with Gasteiger partial charge in [-0.25, -0.2) is 0 Å². The molecule has 0 atom stereocenters. The number of aromatic nitrogens is 2. The molecule has 2 N–H and O–H groups in total. The van der Waals surface area contributed by atoms with Crippen molar-refractivity contribution in [3.63, 3.8) is 0 Å². The van der Waals surface area contributed by atoms with Gasteiger partial charge in [0.25, 0.3) is 0 Å². The molecule has 0 radical (unpaired) electrons. The number of hydrogen-bond donors (Lipinski definition) is 2. The Hall–Kier alpha value is -2.45. The Bertz CT molecular complexity index is 800. The van der Waals surface area contributed by atoms with E-state index in [-0.39, 0.29) is 5.92 Å². The molecule has 1 aromatic carbocycles. The van der Waals surface area contributed by atoms with E-state index in [9.17, 15) is 0 Å². The second-order valence-corrected chi connectivity index (χ2v) is 8.56. The van der Waals surface area contributed by atoms with Gasteiger partial charge >= 0.3 is 0 Å². The van der Waals surface area contributed by atoms with Crippen molar-refractivity contribution < 1.29 is 9.26 Å². The first-order chi connectivity index (χ1) is 15.6. The number of rotatable bonds is 11. The highest BCUT2D eigenvalue weighted by molar-refractivity contribution is 5.79. The lowest BCUT2D eigenvalue weighted by molar-refractivity contribution is 0.00534. The monoisotopic (exact) mass is 442 g/mol. The summed E-state index contributed by atoms with van der Waals surface area (Å²) in [6.45, 7) is 9.64. The van der Waals surface area contributed by atoms with E-state index in [1.165, 1.54) is 5.56 Å². The standard InChI is InChI=1S/C24H38N6O2/c1-19(2)23-28-22(32-29-23)10-14-27-24(25-3)26-13-7-17-31-21-11-15-30(16-12-21)18-20-8-5-4-6-9-20/h4-6,8-9,19,21H,7,10-18H2,1-3H3,(H2,25,26,27). The quantitative estimate of drug-likeness (QED) is 0.314. The van der Waals surface area contributed by atoms with Crippen molar-refractivity contribution in [3.8, 4) is 0 Å². The molecule has 1 fully saturated rings. The van der Waals surface area contributed by atoms with Gasteiger partial charge in [-0.3, -0.25) is 9.89 Å². The number of piperidine rings is 1. The second kappa shape index (κ2) is 13.2. The Labute approximate surface area is 191 Å². The van der Waals surface area contributed by atoms with Gasteiger partial charge < -0.3 is 19.9 Å². The largest absolute Gasteiger partial charge is 0.378 e. The number of nitrogens with zero attached hydrogens (tertiary/aromatic N) is 4. The van der Waals surface area contributed by atoms with Crippen LogP contribution in [-0.2, 0) is 17.7 Å². The van der Waals surface area contributed by atoms with Gasteiger partial charge in [-0.15, -0.1) is 0 Å². The van der Waals surface area contributed by atoms with Gasteiger partial charge in [0.1, 0.15) is 0 Å². The Morgan fingerprint density at radius 1 is 1.19 bits per heavy atom. The third-order valence-electron chi connectivity index (χ3n) is 5.61. The molecule has 1 aromatic heterocycles. The highest BCUT2D eigenvalue weighted by Gasteiger charge is 2.19. The van der Waals surface area contributed by atoms with Gasteiger partial charge in [0.15, 0.2) is 11.8 Å². The fraction of sp³-hybridized carbons (Fsp3) is 0.625. The van der Waals surface area contributed by atoms with E-state index < -0.39 is 0 Å². The van der Waals surface area contributed by atoms with E-state index in [0.29, 0.717) is 25.0 Å². The normalized spacial score (nSPS) is 15.9. The topological polar surface area (TPSA) is 87.8 Å². The second-order valence-electron chi connectivity index (χ2n) is 8.56. The first-order valence-electron chi connectivity index (χ1n) is 11.8. The molecule has 1 aliphatic rings. The SMILES string of the molecule is CN=C(NCCCOC1CCN(Cc2ccccc2)CC1)NCCc1nc(C(C)C)no1. The Kier molecular flexibility index (Phi) is 9.97. The molecule has 0 unspecified atom stereocenters. The summed E-state index contributed by atoms with van der Waals surface area (Å²) in [5.74, 6) is 2.46. The Balaban J connectivity index is 1.22. The van der Waals surface area contributed by atoms with Gasteiger partial charge in [-0.1, -0.05) is 49.3 Å². The summed E-state index contributed by atoms with van der Waals surface area (Å²) in [6, 6.07) is 10.7. The van der Waals surface area contributed by atoms with E-state index in [2.05, 4.69) is 74.8 Å². The molecule has 0 amide bonds. The van der Waals surface area contributed by atoms with Crippen LogP contribution in [0.15, 0.2) is 39.8 Å². The van der Waals surface area contributed by atoms with E-state index in [4.69, 9.17) is 9.26 Å². The lowest BCUT2D eigenvalue weighted by Gasteiger charge is -2.32. The van der Waals surface area contributed by atoms with E-state index >= 15 is 0 Å². The Morgan fingerprint density at radius 3 is 2.62 bits per heavy atom. The van der Waals surface area contributed by atoms with Crippen LogP contribution in [0.1, 0.15) is 56.3 Å². The van der Waals surface area contributed by atoms with Crippen LogP contribution in [0.4, 0.5) is 0 Å². The predicted molar refractivity (Wildman–Crippen MR) is 127 cm³/mol. The first kappa shape index (κ1) is 24.2. The number of ether oxygens (including phenoxy) is 1. The summed E-state index contributed by atoms with van der Waals surface area (Å²) in [6.07, 6.45) is 4.22. The third kappa shape index (κ3) is 8.24. The van der Waals surface area contributed by atoms with Crippen molar-refractivity contribution in [2.75, 3.05) is 39.8 Å². The molecule has 0 spiro atoms.